The van der Waals surface area contributed by atoms with Gasteiger partial charge in [0.1, 0.15) is 24.4 Å². The molecule has 0 saturated carbocycles. The largest absolute Gasteiger partial charge is 0.394 e. The Bertz CT molecular complexity index is 163. The normalized spacial score (nSPS) is 42.2. The molecule has 1 saturated heterocycles. The van der Waals surface area contributed by atoms with Gasteiger partial charge in [0.25, 0.3) is 0 Å². The van der Waals surface area contributed by atoms with Crippen molar-refractivity contribution < 1.29 is 29.9 Å². The van der Waals surface area contributed by atoms with Crippen LogP contribution in [0.5, 0.6) is 0 Å². The summed E-state index contributed by atoms with van der Waals surface area (Å²) in [4.78, 5) is 0. The lowest BCUT2D eigenvalue weighted by Gasteiger charge is -2.19. The first-order chi connectivity index (χ1) is 6.11. The average molecular weight is 194 g/mol. The monoisotopic (exact) mass is 194 g/mol. The predicted octanol–water partition coefficient (Wildman–Crippen LogP) is -2.57. The first-order valence-electron chi connectivity index (χ1n) is 3.95. The fourth-order valence-electron chi connectivity index (χ4n) is 1.35. The second-order valence-corrected chi connectivity index (χ2v) is 2.93. The van der Waals surface area contributed by atoms with Crippen LogP contribution >= 0.6 is 0 Å². The zero-order valence-corrected chi connectivity index (χ0v) is 7.20. The molecule has 0 bridgehead atoms. The predicted molar refractivity (Wildman–Crippen MR) is 40.8 cm³/mol. The van der Waals surface area contributed by atoms with Crippen molar-refractivity contribution in [2.24, 2.45) is 0 Å². The lowest BCUT2D eigenvalue weighted by Crippen LogP contribution is -2.41. The molecule has 0 radical (unpaired) electrons. The van der Waals surface area contributed by atoms with E-state index in [1.807, 2.05) is 0 Å². The molecule has 1 heterocycles. The molecule has 1 fully saturated rings. The van der Waals surface area contributed by atoms with E-state index in [2.05, 4.69) is 0 Å². The fourth-order valence-corrected chi connectivity index (χ4v) is 1.35. The first kappa shape index (κ1) is 10.8. The number of aliphatic hydroxyl groups is 4. The van der Waals surface area contributed by atoms with Gasteiger partial charge >= 0.3 is 0 Å². The molecule has 0 aromatic heterocycles. The van der Waals surface area contributed by atoms with E-state index in [9.17, 15) is 10.2 Å². The average Bonchev–Trinajstić information content (AvgIpc) is 2.40. The van der Waals surface area contributed by atoms with Crippen LogP contribution in [0.4, 0.5) is 0 Å². The van der Waals surface area contributed by atoms with Crippen molar-refractivity contribution in [2.45, 2.75) is 30.7 Å². The smallest absolute Gasteiger partial charge is 0.184 e. The third kappa shape index (κ3) is 1.98. The van der Waals surface area contributed by atoms with Crippen LogP contribution in [0.25, 0.3) is 0 Å². The molecule has 4 N–H and O–H groups in total. The van der Waals surface area contributed by atoms with Crippen molar-refractivity contribution in [3.8, 4) is 0 Å². The van der Waals surface area contributed by atoms with Gasteiger partial charge in [0, 0.05) is 7.11 Å². The maximum Gasteiger partial charge on any atom is 0.184 e. The van der Waals surface area contributed by atoms with Crippen LogP contribution in [-0.4, -0.2) is 64.8 Å². The molecule has 13 heavy (non-hydrogen) atoms. The van der Waals surface area contributed by atoms with E-state index >= 15 is 0 Å². The van der Waals surface area contributed by atoms with Crippen molar-refractivity contribution in [1.82, 2.24) is 0 Å². The lowest BCUT2D eigenvalue weighted by atomic mass is 10.1. The maximum atomic E-state index is 9.44. The molecule has 1 rings (SSSR count). The highest BCUT2D eigenvalue weighted by molar-refractivity contribution is 4.90. The van der Waals surface area contributed by atoms with E-state index in [-0.39, 0.29) is 0 Å². The van der Waals surface area contributed by atoms with Gasteiger partial charge in [-0.3, -0.25) is 0 Å². The summed E-state index contributed by atoms with van der Waals surface area (Å²) < 4.78 is 9.54. The van der Waals surface area contributed by atoms with Crippen molar-refractivity contribution in [3.63, 3.8) is 0 Å². The standard InChI is InChI=1S/C7H14O6/c1-12-6-4(10)5(3(9)2-8)13-7(6)11/h3-11H,2H2,1H3/t3-,4+,5+,6-,7-/m1/s1. The van der Waals surface area contributed by atoms with E-state index in [4.69, 9.17) is 19.7 Å². The molecule has 5 atom stereocenters. The summed E-state index contributed by atoms with van der Waals surface area (Å²) in [5.41, 5.74) is 0. The minimum absolute atomic E-state index is 0.537. The zero-order valence-electron chi connectivity index (χ0n) is 7.20. The number of hydrogen-bond acceptors (Lipinski definition) is 6. The molecule has 0 amide bonds. The third-order valence-corrected chi connectivity index (χ3v) is 2.09. The van der Waals surface area contributed by atoms with Crippen molar-refractivity contribution >= 4 is 0 Å². The number of rotatable bonds is 3. The number of ether oxygens (including phenoxy) is 2. The minimum atomic E-state index is -1.27. The highest BCUT2D eigenvalue weighted by Crippen LogP contribution is 2.23. The van der Waals surface area contributed by atoms with E-state index < -0.39 is 37.3 Å². The van der Waals surface area contributed by atoms with Gasteiger partial charge in [-0.1, -0.05) is 0 Å². The van der Waals surface area contributed by atoms with Gasteiger partial charge in [-0.15, -0.1) is 0 Å². The quantitative estimate of drug-likeness (QED) is 0.394. The van der Waals surface area contributed by atoms with E-state index in [0.29, 0.717) is 0 Å². The van der Waals surface area contributed by atoms with Crippen LogP contribution in [0.3, 0.4) is 0 Å². The SMILES string of the molecule is CO[C@@H]1[C@@H](O)[C@H]([C@H](O)CO)O[C@H]1O. The van der Waals surface area contributed by atoms with Crippen LogP contribution in [0.1, 0.15) is 0 Å². The Morgan fingerprint density at radius 1 is 1.46 bits per heavy atom. The van der Waals surface area contributed by atoms with E-state index in [1.165, 1.54) is 7.11 Å². The maximum absolute atomic E-state index is 9.44. The zero-order chi connectivity index (χ0) is 10.0. The second-order valence-electron chi connectivity index (χ2n) is 2.93. The molecule has 0 aromatic carbocycles. The van der Waals surface area contributed by atoms with Gasteiger partial charge in [0.05, 0.1) is 6.61 Å². The van der Waals surface area contributed by atoms with Gasteiger partial charge in [0.2, 0.25) is 0 Å². The highest BCUT2D eigenvalue weighted by Gasteiger charge is 2.46. The van der Waals surface area contributed by atoms with Gasteiger partial charge < -0.3 is 29.9 Å². The summed E-state index contributed by atoms with van der Waals surface area (Å²) in [7, 11) is 1.31. The molecule has 6 heteroatoms. The van der Waals surface area contributed by atoms with Crippen LogP contribution in [0.2, 0.25) is 0 Å². The number of aliphatic hydroxyl groups excluding tert-OH is 4. The summed E-state index contributed by atoms with van der Waals surface area (Å²) in [5, 5.41) is 36.4. The van der Waals surface area contributed by atoms with E-state index in [0.717, 1.165) is 0 Å². The molecule has 78 valence electrons. The van der Waals surface area contributed by atoms with Gasteiger partial charge in [-0.2, -0.15) is 0 Å². The van der Waals surface area contributed by atoms with Crippen LogP contribution < -0.4 is 0 Å². The molecule has 6 nitrogen and oxygen atoms in total. The molecule has 0 unspecified atom stereocenters. The molecule has 1 aliphatic rings. The molecule has 1 aliphatic heterocycles. The van der Waals surface area contributed by atoms with E-state index in [1.54, 1.807) is 0 Å². The third-order valence-electron chi connectivity index (χ3n) is 2.09. The van der Waals surface area contributed by atoms with Crippen molar-refractivity contribution in [3.05, 3.63) is 0 Å². The molecular weight excluding hydrogens is 180 g/mol. The van der Waals surface area contributed by atoms with Gasteiger partial charge in [-0.05, 0) is 0 Å². The molecule has 0 spiro atoms. The second kappa shape index (κ2) is 4.32. The molecule has 0 aromatic rings. The summed E-state index contributed by atoms with van der Waals surface area (Å²) >= 11 is 0. The Morgan fingerprint density at radius 2 is 2.08 bits per heavy atom. The van der Waals surface area contributed by atoms with Crippen LogP contribution in [0, 0.1) is 0 Å². The summed E-state index contributed by atoms with van der Waals surface area (Å²) in [6, 6.07) is 0. The topological polar surface area (TPSA) is 99.4 Å². The van der Waals surface area contributed by atoms with Gasteiger partial charge in [-0.25, -0.2) is 0 Å². The fraction of sp³-hybridized carbons (Fsp3) is 1.00. The number of hydrogen-bond donors (Lipinski definition) is 4. The van der Waals surface area contributed by atoms with Crippen LogP contribution in [-0.2, 0) is 9.47 Å². The lowest BCUT2D eigenvalue weighted by molar-refractivity contribution is -0.154. The Balaban J connectivity index is 2.61. The molecular formula is C7H14O6. The number of methoxy groups -OCH3 is 1. The highest BCUT2D eigenvalue weighted by atomic mass is 16.7. The Hall–Kier alpha value is -0.240. The summed E-state index contributed by atoms with van der Waals surface area (Å²) in [6.45, 7) is -0.537. The Labute approximate surface area is 75.3 Å². The first-order valence-corrected chi connectivity index (χ1v) is 3.95. The Kier molecular flexibility index (Phi) is 3.60. The van der Waals surface area contributed by atoms with Crippen LogP contribution in [0.15, 0.2) is 0 Å². The Morgan fingerprint density at radius 3 is 2.46 bits per heavy atom. The van der Waals surface area contributed by atoms with Crippen molar-refractivity contribution in [1.29, 1.82) is 0 Å². The summed E-state index contributed by atoms with van der Waals surface area (Å²) in [6.07, 6.45) is -5.52. The minimum Gasteiger partial charge on any atom is -0.394 e. The molecule has 0 aliphatic carbocycles. The van der Waals surface area contributed by atoms with Crippen molar-refractivity contribution in [2.75, 3.05) is 13.7 Å². The van der Waals surface area contributed by atoms with Gasteiger partial charge in [0.15, 0.2) is 6.29 Å². The summed E-state index contributed by atoms with van der Waals surface area (Å²) in [5.74, 6) is 0.